The summed E-state index contributed by atoms with van der Waals surface area (Å²) in [5.74, 6) is 0.897. The number of hydrogen-bond donors (Lipinski definition) is 1. The summed E-state index contributed by atoms with van der Waals surface area (Å²) in [4.78, 5) is 14.8. The Hall–Kier alpha value is -0.590. The van der Waals surface area contributed by atoms with E-state index in [1.807, 2.05) is 19.9 Å². The second-order valence-electron chi connectivity index (χ2n) is 5.56. The number of nitrogens with zero attached hydrogens (tertiary/aromatic N) is 1. The molecule has 4 nitrogen and oxygen atoms in total. The van der Waals surface area contributed by atoms with E-state index in [1.54, 1.807) is 4.90 Å². The predicted octanol–water partition coefficient (Wildman–Crippen LogP) is 2.71. The van der Waals surface area contributed by atoms with E-state index in [9.17, 15) is 9.90 Å². The van der Waals surface area contributed by atoms with Gasteiger partial charge in [-0.25, -0.2) is 0 Å². The van der Waals surface area contributed by atoms with Gasteiger partial charge in [-0.05, 0) is 36.2 Å². The van der Waals surface area contributed by atoms with Gasteiger partial charge in [-0.15, -0.1) is 11.3 Å². The summed E-state index contributed by atoms with van der Waals surface area (Å²) in [7, 11) is 0. The van der Waals surface area contributed by atoms with Gasteiger partial charge in [0.2, 0.25) is 5.91 Å². The van der Waals surface area contributed by atoms with E-state index >= 15 is 0 Å². The maximum Gasteiger partial charge on any atom is 0.223 e. The Morgan fingerprint density at radius 3 is 2.95 bits per heavy atom. The van der Waals surface area contributed by atoms with Crippen molar-refractivity contribution in [3.63, 3.8) is 0 Å². The number of halogens is 1. The quantitative estimate of drug-likeness (QED) is 0.851. The van der Waals surface area contributed by atoms with E-state index in [2.05, 4.69) is 15.9 Å². The average Bonchev–Trinajstić information content (AvgIpc) is 2.86. The highest BCUT2D eigenvalue weighted by Gasteiger charge is 2.48. The zero-order valence-electron chi connectivity index (χ0n) is 10.9. The topological polar surface area (TPSA) is 49.8 Å². The summed E-state index contributed by atoms with van der Waals surface area (Å²) < 4.78 is 6.83. The highest BCUT2D eigenvalue weighted by atomic mass is 79.9. The van der Waals surface area contributed by atoms with Crippen LogP contribution in [0.15, 0.2) is 9.85 Å². The first-order valence-electron chi connectivity index (χ1n) is 6.36. The monoisotopic (exact) mass is 345 g/mol. The van der Waals surface area contributed by atoms with Crippen LogP contribution in [0.5, 0.6) is 5.75 Å². The highest BCUT2D eigenvalue weighted by Crippen LogP contribution is 2.49. The Kier molecular flexibility index (Phi) is 3.15. The molecule has 1 N–H and O–H groups in total. The Balaban J connectivity index is 2.07. The van der Waals surface area contributed by atoms with Gasteiger partial charge in [0, 0.05) is 19.0 Å². The molecule has 0 radical (unpaired) electrons. The van der Waals surface area contributed by atoms with Crippen LogP contribution in [0, 0.1) is 0 Å². The van der Waals surface area contributed by atoms with Crippen LogP contribution in [0.4, 0.5) is 0 Å². The van der Waals surface area contributed by atoms with Crippen LogP contribution in [0.3, 0.4) is 0 Å². The fourth-order valence-electron chi connectivity index (χ4n) is 2.79. The van der Waals surface area contributed by atoms with Crippen molar-refractivity contribution in [3.05, 3.63) is 14.7 Å². The summed E-state index contributed by atoms with van der Waals surface area (Å²) in [6, 6.07) is 1.63. The van der Waals surface area contributed by atoms with Gasteiger partial charge >= 0.3 is 0 Å². The highest BCUT2D eigenvalue weighted by molar-refractivity contribution is 9.11. The van der Waals surface area contributed by atoms with Crippen molar-refractivity contribution in [2.45, 2.75) is 44.4 Å². The molecular formula is C13H16BrNO3S. The molecule has 2 unspecified atom stereocenters. The van der Waals surface area contributed by atoms with Crippen molar-refractivity contribution in [2.75, 3.05) is 6.54 Å². The Labute approximate surface area is 124 Å². The molecule has 0 saturated carbocycles. The van der Waals surface area contributed by atoms with Crippen LogP contribution in [0.25, 0.3) is 0 Å². The lowest BCUT2D eigenvalue weighted by atomic mass is 9.90. The molecular weight excluding hydrogens is 330 g/mol. The van der Waals surface area contributed by atoms with Crippen molar-refractivity contribution in [1.29, 1.82) is 0 Å². The average molecular weight is 346 g/mol. The van der Waals surface area contributed by atoms with Gasteiger partial charge in [-0.1, -0.05) is 0 Å². The largest absolute Gasteiger partial charge is 0.484 e. The third-order valence-corrected chi connectivity index (χ3v) is 5.48. The smallest absolute Gasteiger partial charge is 0.223 e. The zero-order valence-corrected chi connectivity index (χ0v) is 13.3. The number of ether oxygens (including phenoxy) is 1. The summed E-state index contributed by atoms with van der Waals surface area (Å²) >= 11 is 4.98. The normalized spacial score (nSPS) is 29.3. The lowest BCUT2D eigenvalue weighted by Gasteiger charge is -2.43. The Bertz CT molecular complexity index is 528. The van der Waals surface area contributed by atoms with E-state index in [-0.39, 0.29) is 11.9 Å². The number of aliphatic hydroxyl groups excluding tert-OH is 1. The minimum absolute atomic E-state index is 0.122. The lowest BCUT2D eigenvalue weighted by Crippen LogP contribution is -2.53. The number of rotatable bonds is 1. The second kappa shape index (κ2) is 4.46. The van der Waals surface area contributed by atoms with E-state index in [4.69, 9.17) is 4.74 Å². The number of hydrogen-bond acceptors (Lipinski definition) is 4. The lowest BCUT2D eigenvalue weighted by molar-refractivity contribution is -0.139. The number of carbonyl (C=O) groups excluding carboxylic acids is 1. The number of likely N-dealkylation sites (tertiary alicyclic amines) is 1. The molecule has 1 aromatic rings. The summed E-state index contributed by atoms with van der Waals surface area (Å²) in [5.41, 5.74) is -0.693. The minimum Gasteiger partial charge on any atom is -0.484 e. The molecule has 1 amide bonds. The van der Waals surface area contributed by atoms with Crippen molar-refractivity contribution in [3.8, 4) is 5.75 Å². The molecule has 1 aromatic heterocycles. The molecule has 0 bridgehead atoms. The molecule has 2 aliphatic rings. The second-order valence-corrected chi connectivity index (χ2v) is 8.03. The molecule has 0 aliphatic carbocycles. The van der Waals surface area contributed by atoms with Crippen molar-refractivity contribution >= 4 is 33.2 Å². The first-order valence-corrected chi connectivity index (χ1v) is 7.97. The molecule has 3 rings (SSSR count). The third kappa shape index (κ3) is 2.10. The molecule has 1 fully saturated rings. The van der Waals surface area contributed by atoms with Gasteiger partial charge in [-0.3, -0.25) is 4.79 Å². The molecule has 3 heterocycles. The molecule has 2 atom stereocenters. The number of fused-ring (bicyclic) bond motifs is 1. The number of aliphatic hydroxyl groups is 1. The predicted molar refractivity (Wildman–Crippen MR) is 76.4 cm³/mol. The molecule has 2 aliphatic heterocycles. The Morgan fingerprint density at radius 1 is 1.58 bits per heavy atom. The SMILES string of the molecule is CC1(C)Oc2cc(Br)sc2C(N2CCCC2=O)C1O. The van der Waals surface area contributed by atoms with Crippen LogP contribution in [-0.2, 0) is 4.79 Å². The van der Waals surface area contributed by atoms with Crippen molar-refractivity contribution in [2.24, 2.45) is 0 Å². The standard InChI is InChI=1S/C13H16BrNO3S/c1-13(2)12(17)10(15-5-3-4-9(15)16)11-7(18-13)6-8(14)19-11/h6,10,12,17H,3-5H2,1-2H3. The van der Waals surface area contributed by atoms with Crippen LogP contribution in [0.2, 0.25) is 0 Å². The molecule has 0 aromatic carbocycles. The van der Waals surface area contributed by atoms with Crippen molar-refractivity contribution in [1.82, 2.24) is 4.90 Å². The van der Waals surface area contributed by atoms with Crippen molar-refractivity contribution < 1.29 is 14.6 Å². The van der Waals surface area contributed by atoms with Gasteiger partial charge in [0.15, 0.2) is 0 Å². The maximum atomic E-state index is 12.0. The molecule has 104 valence electrons. The van der Waals surface area contributed by atoms with Crippen LogP contribution in [-0.4, -0.2) is 34.2 Å². The van der Waals surface area contributed by atoms with Gasteiger partial charge in [-0.2, -0.15) is 0 Å². The fourth-order valence-corrected chi connectivity index (χ4v) is 4.47. The molecule has 0 spiro atoms. The fraction of sp³-hybridized carbons (Fsp3) is 0.615. The first-order chi connectivity index (χ1) is 8.90. The summed E-state index contributed by atoms with van der Waals surface area (Å²) in [5, 5.41) is 10.6. The summed E-state index contributed by atoms with van der Waals surface area (Å²) in [6.07, 6.45) is 0.727. The maximum absolute atomic E-state index is 12.0. The van der Waals surface area contributed by atoms with E-state index in [0.717, 1.165) is 20.8 Å². The summed E-state index contributed by atoms with van der Waals surface area (Å²) in [6.45, 7) is 4.44. The molecule has 1 saturated heterocycles. The molecule has 6 heteroatoms. The third-order valence-electron chi connectivity index (χ3n) is 3.79. The zero-order chi connectivity index (χ0) is 13.8. The first kappa shape index (κ1) is 13.4. The number of amides is 1. The number of thiophene rings is 1. The molecule has 19 heavy (non-hydrogen) atoms. The van der Waals surface area contributed by atoms with Gasteiger partial charge in [0.25, 0.3) is 0 Å². The minimum atomic E-state index is -0.715. The van der Waals surface area contributed by atoms with Gasteiger partial charge in [0.1, 0.15) is 17.5 Å². The van der Waals surface area contributed by atoms with Crippen LogP contribution >= 0.6 is 27.3 Å². The van der Waals surface area contributed by atoms with E-state index in [1.165, 1.54) is 11.3 Å². The van der Waals surface area contributed by atoms with Crippen LogP contribution < -0.4 is 4.74 Å². The van der Waals surface area contributed by atoms with Gasteiger partial charge < -0.3 is 14.7 Å². The van der Waals surface area contributed by atoms with Crippen LogP contribution in [0.1, 0.15) is 37.6 Å². The van der Waals surface area contributed by atoms with Gasteiger partial charge in [0.05, 0.1) is 14.7 Å². The number of carbonyl (C=O) groups is 1. The van der Waals surface area contributed by atoms with E-state index < -0.39 is 11.7 Å². The van der Waals surface area contributed by atoms with E-state index in [0.29, 0.717) is 13.0 Å². The Morgan fingerprint density at radius 2 is 2.32 bits per heavy atom.